The van der Waals surface area contributed by atoms with E-state index >= 15 is 0 Å². The van der Waals surface area contributed by atoms with Crippen molar-refractivity contribution in [2.75, 3.05) is 20.7 Å². The van der Waals surface area contributed by atoms with Crippen molar-refractivity contribution in [1.82, 2.24) is 14.8 Å². The normalized spacial score (nSPS) is 11.5. The van der Waals surface area contributed by atoms with Gasteiger partial charge in [-0.3, -0.25) is 0 Å². The zero-order valence-corrected chi connectivity index (χ0v) is 16.7. The maximum absolute atomic E-state index is 10.2. The first-order valence-corrected chi connectivity index (χ1v) is 8.90. The molecule has 0 saturated heterocycles. The molecule has 0 aliphatic heterocycles. The number of hydrogen-bond acceptors (Lipinski definition) is 3. The van der Waals surface area contributed by atoms with Crippen molar-refractivity contribution in [3.8, 4) is 11.5 Å². The minimum Gasteiger partial charge on any atom is -0.504 e. The van der Waals surface area contributed by atoms with Crippen LogP contribution in [-0.2, 0) is 20.1 Å². The smallest absolute Gasteiger partial charge is 0.194 e. The molecule has 0 spiro atoms. The second-order valence-corrected chi connectivity index (χ2v) is 6.67. The fourth-order valence-corrected chi connectivity index (χ4v) is 3.10. The fraction of sp³-hybridized carbons (Fsp3) is 0.389. The molecular weight excluding hydrogens is 384 g/mol. The summed E-state index contributed by atoms with van der Waals surface area (Å²) in [5.74, 6) is 1.38. The molecule has 25 heavy (non-hydrogen) atoms. The van der Waals surface area contributed by atoms with Gasteiger partial charge in [0.05, 0.1) is 20.2 Å². The lowest BCUT2D eigenvalue weighted by Gasteiger charge is -2.22. The highest BCUT2D eigenvalue weighted by atomic mass is 79.9. The lowest BCUT2D eigenvalue weighted by Crippen LogP contribution is -2.38. The summed E-state index contributed by atoms with van der Waals surface area (Å²) >= 11 is 3.50. The first-order chi connectivity index (χ1) is 12.0. The molecule has 0 amide bonds. The van der Waals surface area contributed by atoms with Crippen LogP contribution >= 0.6 is 15.9 Å². The van der Waals surface area contributed by atoms with Crippen LogP contribution in [-0.4, -0.2) is 41.2 Å². The number of phenolic OH excluding ortho intramolecular Hbond substituents is 1. The predicted octanol–water partition coefficient (Wildman–Crippen LogP) is 3.10. The third-order valence-corrected chi connectivity index (χ3v) is 4.31. The van der Waals surface area contributed by atoms with Crippen LogP contribution in [0.2, 0.25) is 0 Å². The molecule has 0 atom stereocenters. The first-order valence-electron chi connectivity index (χ1n) is 8.11. The van der Waals surface area contributed by atoms with Crippen molar-refractivity contribution in [2.45, 2.75) is 20.0 Å². The van der Waals surface area contributed by atoms with E-state index in [9.17, 15) is 5.11 Å². The Balaban J connectivity index is 2.16. The number of aromatic hydroxyl groups is 1. The van der Waals surface area contributed by atoms with Crippen LogP contribution in [0.4, 0.5) is 0 Å². The van der Waals surface area contributed by atoms with E-state index in [-0.39, 0.29) is 5.75 Å². The van der Waals surface area contributed by atoms with E-state index in [4.69, 9.17) is 4.74 Å². The van der Waals surface area contributed by atoms with E-state index in [0.29, 0.717) is 12.3 Å². The van der Waals surface area contributed by atoms with E-state index in [1.807, 2.05) is 39.3 Å². The summed E-state index contributed by atoms with van der Waals surface area (Å²) in [6.45, 7) is 3.89. The number of para-hydroxylation sites is 1. The van der Waals surface area contributed by atoms with Gasteiger partial charge in [0.15, 0.2) is 17.5 Å². The summed E-state index contributed by atoms with van der Waals surface area (Å²) in [6, 6.07) is 7.52. The van der Waals surface area contributed by atoms with Gasteiger partial charge < -0.3 is 24.6 Å². The molecule has 0 saturated carbocycles. The van der Waals surface area contributed by atoms with Crippen LogP contribution in [0.5, 0.6) is 11.5 Å². The Bertz CT molecular complexity index is 743. The number of rotatable bonds is 6. The molecule has 0 radical (unpaired) electrons. The summed E-state index contributed by atoms with van der Waals surface area (Å²) < 4.78 is 8.29. The molecule has 0 fully saturated rings. The number of aryl methyl sites for hydroxylation is 1. The largest absolute Gasteiger partial charge is 0.504 e. The minimum absolute atomic E-state index is 0.138. The number of nitrogens with zero attached hydrogens (tertiary/aromatic N) is 3. The van der Waals surface area contributed by atoms with Crippen LogP contribution in [0.3, 0.4) is 0 Å². The van der Waals surface area contributed by atoms with Gasteiger partial charge in [-0.05, 0) is 35.0 Å². The summed E-state index contributed by atoms with van der Waals surface area (Å²) in [5, 5.41) is 13.5. The Morgan fingerprint density at radius 1 is 1.44 bits per heavy atom. The number of ether oxygens (including phenoxy) is 1. The lowest BCUT2D eigenvalue weighted by atomic mass is 10.2. The molecule has 6 nitrogen and oxygen atoms in total. The summed E-state index contributed by atoms with van der Waals surface area (Å²) in [5.41, 5.74) is 1.90. The highest BCUT2D eigenvalue weighted by Crippen LogP contribution is 2.29. The fourth-order valence-electron chi connectivity index (χ4n) is 2.53. The maximum atomic E-state index is 10.2. The van der Waals surface area contributed by atoms with Crippen LogP contribution in [0.1, 0.15) is 18.2 Å². The number of aliphatic imine (C=N–C) groups is 1. The van der Waals surface area contributed by atoms with Crippen molar-refractivity contribution in [3.05, 3.63) is 46.2 Å². The van der Waals surface area contributed by atoms with E-state index < -0.39 is 0 Å². The molecule has 0 bridgehead atoms. The number of aromatic nitrogens is 1. The van der Waals surface area contributed by atoms with Gasteiger partial charge in [0.1, 0.15) is 0 Å². The molecule has 2 rings (SSSR count). The summed E-state index contributed by atoms with van der Waals surface area (Å²) in [4.78, 5) is 6.71. The highest BCUT2D eigenvalue weighted by molar-refractivity contribution is 9.10. The monoisotopic (exact) mass is 408 g/mol. The SMILES string of the molecule is CCNC(=NCc1cccc(OC)c1O)N(C)Cc1cc(Br)cn1C. The first kappa shape index (κ1) is 19.2. The molecule has 2 aromatic rings. The van der Waals surface area contributed by atoms with Gasteiger partial charge in [-0.1, -0.05) is 12.1 Å². The number of nitrogens with one attached hydrogen (secondary N) is 1. The summed E-state index contributed by atoms with van der Waals surface area (Å²) in [6.07, 6.45) is 2.03. The Labute approximate surface area is 157 Å². The van der Waals surface area contributed by atoms with E-state index in [2.05, 4.69) is 41.8 Å². The van der Waals surface area contributed by atoms with Crippen molar-refractivity contribution >= 4 is 21.9 Å². The molecule has 1 aromatic carbocycles. The number of methoxy groups -OCH3 is 1. The Hall–Kier alpha value is -2.15. The molecule has 1 aromatic heterocycles. The molecule has 0 aliphatic carbocycles. The number of benzene rings is 1. The molecule has 0 unspecified atom stereocenters. The van der Waals surface area contributed by atoms with Crippen molar-refractivity contribution in [3.63, 3.8) is 0 Å². The standard InChI is InChI=1S/C18H25BrN4O2/c1-5-20-18(23(3)12-15-9-14(19)11-22(15)2)21-10-13-7-6-8-16(25-4)17(13)24/h6-9,11,24H,5,10,12H2,1-4H3,(H,20,21). The zero-order valence-electron chi connectivity index (χ0n) is 15.1. The van der Waals surface area contributed by atoms with E-state index in [1.165, 1.54) is 12.8 Å². The van der Waals surface area contributed by atoms with Gasteiger partial charge in [-0.15, -0.1) is 0 Å². The molecule has 2 N–H and O–H groups in total. The van der Waals surface area contributed by atoms with Gasteiger partial charge in [0.25, 0.3) is 0 Å². The number of halogens is 1. The predicted molar refractivity (Wildman–Crippen MR) is 104 cm³/mol. The Kier molecular flexibility index (Phi) is 6.75. The third-order valence-electron chi connectivity index (χ3n) is 3.87. The Morgan fingerprint density at radius 2 is 2.20 bits per heavy atom. The molecule has 136 valence electrons. The van der Waals surface area contributed by atoms with Crippen molar-refractivity contribution < 1.29 is 9.84 Å². The molecular formula is C18H25BrN4O2. The zero-order chi connectivity index (χ0) is 18.4. The molecule has 0 aliphatic rings. The lowest BCUT2D eigenvalue weighted by molar-refractivity contribution is 0.370. The van der Waals surface area contributed by atoms with Crippen molar-refractivity contribution in [1.29, 1.82) is 0 Å². The minimum atomic E-state index is 0.138. The third kappa shape index (κ3) is 4.92. The van der Waals surface area contributed by atoms with Gasteiger partial charge in [0, 0.05) is 42.6 Å². The number of guanidine groups is 1. The molecule has 1 heterocycles. The second-order valence-electron chi connectivity index (χ2n) is 5.75. The average molecular weight is 409 g/mol. The van der Waals surface area contributed by atoms with Gasteiger partial charge in [0.2, 0.25) is 0 Å². The van der Waals surface area contributed by atoms with Crippen molar-refractivity contribution in [2.24, 2.45) is 12.0 Å². The Morgan fingerprint density at radius 3 is 2.80 bits per heavy atom. The van der Waals surface area contributed by atoms with E-state index in [0.717, 1.165) is 29.1 Å². The average Bonchev–Trinajstić information content (AvgIpc) is 2.89. The second kappa shape index (κ2) is 8.80. The van der Waals surface area contributed by atoms with Gasteiger partial charge in [-0.25, -0.2) is 4.99 Å². The maximum Gasteiger partial charge on any atom is 0.194 e. The van der Waals surface area contributed by atoms with Gasteiger partial charge in [-0.2, -0.15) is 0 Å². The number of phenols is 1. The topological polar surface area (TPSA) is 62.0 Å². The summed E-state index contributed by atoms with van der Waals surface area (Å²) in [7, 11) is 5.55. The van der Waals surface area contributed by atoms with Crippen LogP contribution in [0.25, 0.3) is 0 Å². The van der Waals surface area contributed by atoms with Crippen LogP contribution in [0.15, 0.2) is 39.9 Å². The van der Waals surface area contributed by atoms with Gasteiger partial charge >= 0.3 is 0 Å². The van der Waals surface area contributed by atoms with Crippen LogP contribution < -0.4 is 10.1 Å². The highest BCUT2D eigenvalue weighted by Gasteiger charge is 2.11. The molecule has 7 heteroatoms. The quantitative estimate of drug-likeness (QED) is 0.569. The van der Waals surface area contributed by atoms with E-state index in [1.54, 1.807) is 6.07 Å². The van der Waals surface area contributed by atoms with Crippen LogP contribution in [0, 0.1) is 0 Å². The number of hydrogen-bond donors (Lipinski definition) is 2.